The molecule has 4 rings (SSSR count). The molecule has 0 aliphatic rings. The Labute approximate surface area is 199 Å². The molecule has 0 bridgehead atoms. The van der Waals surface area contributed by atoms with E-state index >= 15 is 0 Å². The molecular weight excluding hydrogens is 472 g/mol. The molecule has 34 heavy (non-hydrogen) atoms. The molecule has 0 fully saturated rings. The van der Waals surface area contributed by atoms with Gasteiger partial charge in [0.15, 0.2) is 0 Å². The van der Waals surface area contributed by atoms with E-state index in [1.54, 1.807) is 30.3 Å². The van der Waals surface area contributed by atoms with E-state index in [9.17, 15) is 21.4 Å². The molecule has 0 radical (unpaired) electrons. The van der Waals surface area contributed by atoms with E-state index in [1.807, 2.05) is 36.4 Å². The Bertz CT molecular complexity index is 1420. The van der Waals surface area contributed by atoms with Crippen molar-refractivity contribution in [3.63, 3.8) is 0 Å². The van der Waals surface area contributed by atoms with Crippen molar-refractivity contribution < 1.29 is 25.9 Å². The van der Waals surface area contributed by atoms with Gasteiger partial charge in [0.05, 0.1) is 0 Å². The summed E-state index contributed by atoms with van der Waals surface area (Å²) < 4.78 is 63.9. The van der Waals surface area contributed by atoms with Crippen LogP contribution in [-0.4, -0.2) is 25.9 Å². The summed E-state index contributed by atoms with van der Waals surface area (Å²) in [6.07, 6.45) is 4.24. The third kappa shape index (κ3) is 6.97. The average Bonchev–Trinajstić information content (AvgIpc) is 2.83. The first-order chi connectivity index (χ1) is 16.2. The molecule has 0 aromatic heterocycles. The lowest BCUT2D eigenvalue weighted by Crippen LogP contribution is -2.10. The largest absolute Gasteiger partial charge is 0.296 e. The predicted molar refractivity (Wildman–Crippen MR) is 133 cm³/mol. The van der Waals surface area contributed by atoms with Crippen molar-refractivity contribution in [3.8, 4) is 11.1 Å². The highest BCUT2D eigenvalue weighted by Crippen LogP contribution is 2.32. The number of hydrogen-bond donors (Lipinski definition) is 2. The average molecular weight is 495 g/mol. The lowest BCUT2D eigenvalue weighted by atomic mass is 10.1. The first-order valence-corrected chi connectivity index (χ1v) is 13.0. The molecule has 4 aromatic carbocycles. The second-order valence-electron chi connectivity index (χ2n) is 7.10. The molecule has 0 atom stereocenters. The second-order valence-corrected chi connectivity index (χ2v) is 9.85. The Hall–Kier alpha value is -3.56. The van der Waals surface area contributed by atoms with Crippen LogP contribution in [-0.2, 0) is 20.2 Å². The minimum Gasteiger partial charge on any atom is -0.282 e. The fourth-order valence-corrected chi connectivity index (χ4v) is 5.16. The van der Waals surface area contributed by atoms with E-state index in [4.69, 9.17) is 4.55 Å². The zero-order valence-corrected chi connectivity index (χ0v) is 19.5. The van der Waals surface area contributed by atoms with E-state index in [1.165, 1.54) is 23.3 Å². The molecular formula is C26H22O6S2. The highest BCUT2D eigenvalue weighted by atomic mass is 32.2. The van der Waals surface area contributed by atoms with E-state index in [0.717, 1.165) is 6.07 Å². The second kappa shape index (κ2) is 11.0. The third-order valence-corrected chi connectivity index (χ3v) is 6.65. The molecule has 0 amide bonds. The fourth-order valence-electron chi connectivity index (χ4n) is 3.15. The summed E-state index contributed by atoms with van der Waals surface area (Å²) in [7, 11) is -9.62. The van der Waals surface area contributed by atoms with Crippen LogP contribution in [0, 0.1) is 0 Å². The van der Waals surface area contributed by atoms with Gasteiger partial charge in [-0.2, -0.15) is 16.8 Å². The Kier molecular flexibility index (Phi) is 8.14. The summed E-state index contributed by atoms with van der Waals surface area (Å²) in [4.78, 5) is -1.70. The van der Waals surface area contributed by atoms with Crippen molar-refractivity contribution >= 4 is 32.4 Å². The highest BCUT2D eigenvalue weighted by molar-refractivity contribution is 7.89. The van der Waals surface area contributed by atoms with Gasteiger partial charge in [0.2, 0.25) is 0 Å². The number of hydrogen-bond acceptors (Lipinski definition) is 4. The van der Waals surface area contributed by atoms with Gasteiger partial charge in [-0.25, -0.2) is 0 Å². The van der Waals surface area contributed by atoms with Crippen LogP contribution < -0.4 is 0 Å². The molecule has 0 spiro atoms. The van der Waals surface area contributed by atoms with Gasteiger partial charge in [-0.3, -0.25) is 9.11 Å². The molecule has 0 aliphatic heterocycles. The van der Waals surface area contributed by atoms with Gasteiger partial charge in [-0.05, 0) is 22.8 Å². The van der Waals surface area contributed by atoms with Crippen molar-refractivity contribution in [2.24, 2.45) is 0 Å². The molecule has 4 aromatic rings. The predicted octanol–water partition coefficient (Wildman–Crippen LogP) is 5.70. The van der Waals surface area contributed by atoms with Crippen LogP contribution >= 0.6 is 0 Å². The van der Waals surface area contributed by atoms with Crippen molar-refractivity contribution in [2.75, 3.05) is 0 Å². The number of rotatable bonds is 5. The van der Waals surface area contributed by atoms with Crippen LogP contribution in [0.1, 0.15) is 11.1 Å². The smallest absolute Gasteiger partial charge is 0.282 e. The Morgan fingerprint density at radius 1 is 0.500 bits per heavy atom. The van der Waals surface area contributed by atoms with Gasteiger partial charge in [0.25, 0.3) is 20.2 Å². The van der Waals surface area contributed by atoms with Crippen molar-refractivity contribution in [1.29, 1.82) is 0 Å². The monoisotopic (exact) mass is 494 g/mol. The maximum absolute atomic E-state index is 11.5. The zero-order valence-electron chi connectivity index (χ0n) is 17.9. The van der Waals surface area contributed by atoms with E-state index in [2.05, 4.69) is 36.4 Å². The summed E-state index contributed by atoms with van der Waals surface area (Å²) in [5.74, 6) is 0. The molecule has 8 heteroatoms. The van der Waals surface area contributed by atoms with Gasteiger partial charge in [0.1, 0.15) is 9.79 Å². The van der Waals surface area contributed by atoms with Crippen molar-refractivity contribution in [1.82, 2.24) is 0 Å². The van der Waals surface area contributed by atoms with Crippen LogP contribution in [0.3, 0.4) is 0 Å². The maximum Gasteiger partial charge on any atom is 0.296 e. The molecule has 0 heterocycles. The Morgan fingerprint density at radius 2 is 0.941 bits per heavy atom. The molecule has 0 aliphatic carbocycles. The molecule has 0 saturated heterocycles. The summed E-state index contributed by atoms with van der Waals surface area (Å²) in [5.41, 5.74) is 2.85. The molecule has 174 valence electrons. The van der Waals surface area contributed by atoms with Crippen LogP contribution in [0.5, 0.6) is 0 Å². The van der Waals surface area contributed by atoms with E-state index in [0.29, 0.717) is 5.56 Å². The summed E-state index contributed by atoms with van der Waals surface area (Å²) in [6.45, 7) is 0. The minimum atomic E-state index is -4.83. The first-order valence-electron chi connectivity index (χ1n) is 10.1. The maximum atomic E-state index is 11.5. The lowest BCUT2D eigenvalue weighted by Gasteiger charge is -2.10. The van der Waals surface area contributed by atoms with Crippen LogP contribution in [0.25, 0.3) is 23.3 Å². The van der Waals surface area contributed by atoms with Gasteiger partial charge in [-0.1, -0.05) is 115 Å². The van der Waals surface area contributed by atoms with Crippen LogP contribution in [0.15, 0.2) is 119 Å². The zero-order chi connectivity index (χ0) is 24.6. The van der Waals surface area contributed by atoms with Crippen molar-refractivity contribution in [3.05, 3.63) is 120 Å². The molecule has 0 saturated carbocycles. The quantitative estimate of drug-likeness (QED) is 0.272. The van der Waals surface area contributed by atoms with Gasteiger partial charge < -0.3 is 0 Å². The van der Waals surface area contributed by atoms with Gasteiger partial charge in [0, 0.05) is 5.56 Å². The summed E-state index contributed by atoms with van der Waals surface area (Å²) in [6, 6.07) is 32.2. The van der Waals surface area contributed by atoms with Crippen molar-refractivity contribution in [2.45, 2.75) is 9.79 Å². The van der Waals surface area contributed by atoms with Gasteiger partial charge in [-0.15, -0.1) is 0 Å². The third-order valence-electron chi connectivity index (χ3n) is 4.67. The highest BCUT2D eigenvalue weighted by Gasteiger charge is 2.27. The van der Waals surface area contributed by atoms with Gasteiger partial charge >= 0.3 is 0 Å². The normalized spacial score (nSPS) is 11.6. The van der Waals surface area contributed by atoms with E-state index < -0.39 is 30.0 Å². The number of benzene rings is 4. The summed E-state index contributed by atoms with van der Waals surface area (Å²) in [5, 5.41) is 0. The van der Waals surface area contributed by atoms with Crippen LogP contribution in [0.4, 0.5) is 0 Å². The van der Waals surface area contributed by atoms with E-state index in [-0.39, 0.29) is 5.56 Å². The SMILES string of the molecule is C(=Cc1ccccc1)c1ccccc1.O=S(=O)(O)c1cccc(-c2ccccc2)c1S(=O)(=O)O. The standard InChI is InChI=1S/C14H12.C12H10O6S2/c1-3-7-13(8-4-1)11-12-14-9-5-2-6-10-14;13-19(14,15)11-8-4-7-10(12(11)20(16,17)18)9-5-2-1-3-6-9/h1-12H;1-8H,(H,13,14,15)(H,16,17,18). The molecule has 2 N–H and O–H groups in total. The summed E-state index contributed by atoms with van der Waals surface area (Å²) >= 11 is 0. The molecule has 0 unspecified atom stereocenters. The molecule has 6 nitrogen and oxygen atoms in total. The Morgan fingerprint density at radius 3 is 1.35 bits per heavy atom. The fraction of sp³-hybridized carbons (Fsp3) is 0. The topological polar surface area (TPSA) is 109 Å². The first kappa shape index (κ1) is 25.1. The Balaban J connectivity index is 0.000000202. The minimum absolute atomic E-state index is 0.0109. The van der Waals surface area contributed by atoms with Crippen LogP contribution in [0.2, 0.25) is 0 Å². The lowest BCUT2D eigenvalue weighted by molar-refractivity contribution is 0.467.